The Morgan fingerprint density at radius 2 is 2.04 bits per heavy atom. The van der Waals surface area contributed by atoms with Crippen molar-refractivity contribution >= 4 is 11.7 Å². The van der Waals surface area contributed by atoms with Gasteiger partial charge in [-0.15, -0.1) is 0 Å². The van der Waals surface area contributed by atoms with Crippen LogP contribution in [0.25, 0.3) is 0 Å². The predicted molar refractivity (Wildman–Crippen MR) is 91.5 cm³/mol. The minimum Gasteiger partial charge on any atom is -0.316 e. The SMILES string of the molecule is CCn1nccc1C1CCCN1C(=O)Nc1cc(C)cc(C)c1. The van der Waals surface area contributed by atoms with E-state index in [2.05, 4.69) is 23.4 Å². The third-order valence-corrected chi connectivity index (χ3v) is 4.38. The van der Waals surface area contributed by atoms with Gasteiger partial charge >= 0.3 is 6.03 Å². The molecule has 1 aliphatic heterocycles. The van der Waals surface area contributed by atoms with Crippen molar-refractivity contribution < 1.29 is 4.79 Å². The largest absolute Gasteiger partial charge is 0.322 e. The molecular weight excluding hydrogens is 288 g/mol. The van der Waals surface area contributed by atoms with Gasteiger partial charge in [0.1, 0.15) is 0 Å². The van der Waals surface area contributed by atoms with Gasteiger partial charge in [-0.2, -0.15) is 5.10 Å². The van der Waals surface area contributed by atoms with Crippen molar-refractivity contribution in [1.29, 1.82) is 0 Å². The van der Waals surface area contributed by atoms with E-state index in [0.717, 1.165) is 48.4 Å². The van der Waals surface area contributed by atoms with Crippen molar-refractivity contribution in [2.75, 3.05) is 11.9 Å². The minimum atomic E-state index is -0.0265. The van der Waals surface area contributed by atoms with Crippen molar-refractivity contribution in [3.05, 3.63) is 47.3 Å². The van der Waals surface area contributed by atoms with Crippen molar-refractivity contribution in [3.63, 3.8) is 0 Å². The number of amides is 2. The van der Waals surface area contributed by atoms with Crippen LogP contribution in [0.1, 0.15) is 42.6 Å². The lowest BCUT2D eigenvalue weighted by Crippen LogP contribution is -2.35. The van der Waals surface area contributed by atoms with Crippen molar-refractivity contribution in [3.8, 4) is 0 Å². The number of likely N-dealkylation sites (tertiary alicyclic amines) is 1. The zero-order valence-electron chi connectivity index (χ0n) is 14.0. The molecule has 1 aliphatic rings. The predicted octanol–water partition coefficient (Wildman–Crippen LogP) is 3.89. The summed E-state index contributed by atoms with van der Waals surface area (Å²) in [7, 11) is 0. The first-order valence-electron chi connectivity index (χ1n) is 8.26. The first-order chi connectivity index (χ1) is 11.1. The molecule has 1 fully saturated rings. The smallest absolute Gasteiger partial charge is 0.316 e. The van der Waals surface area contributed by atoms with Gasteiger partial charge in [-0.25, -0.2) is 4.79 Å². The number of nitrogens with one attached hydrogen (secondary N) is 1. The van der Waals surface area contributed by atoms with Crippen LogP contribution >= 0.6 is 0 Å². The highest BCUT2D eigenvalue weighted by Crippen LogP contribution is 2.32. The fourth-order valence-corrected chi connectivity index (χ4v) is 3.45. The summed E-state index contributed by atoms with van der Waals surface area (Å²) < 4.78 is 1.98. The van der Waals surface area contributed by atoms with Crippen molar-refractivity contribution in [2.45, 2.75) is 46.2 Å². The van der Waals surface area contributed by atoms with E-state index < -0.39 is 0 Å². The average Bonchev–Trinajstić information content (AvgIpc) is 3.14. The molecule has 2 aromatic rings. The molecule has 0 spiro atoms. The summed E-state index contributed by atoms with van der Waals surface area (Å²) in [6.07, 6.45) is 3.84. The lowest BCUT2D eigenvalue weighted by atomic mass is 10.1. The van der Waals surface area contributed by atoms with Gasteiger partial charge in [0.05, 0.1) is 11.7 Å². The van der Waals surface area contributed by atoms with Gasteiger partial charge in [-0.3, -0.25) is 4.68 Å². The number of hydrogen-bond acceptors (Lipinski definition) is 2. The van der Waals surface area contributed by atoms with E-state index in [1.54, 1.807) is 0 Å². The molecule has 1 aromatic carbocycles. The highest BCUT2D eigenvalue weighted by Gasteiger charge is 2.32. The van der Waals surface area contributed by atoms with Gasteiger partial charge in [0.2, 0.25) is 0 Å². The number of aromatic nitrogens is 2. The molecule has 2 amide bonds. The van der Waals surface area contributed by atoms with Crippen LogP contribution in [0, 0.1) is 13.8 Å². The standard InChI is InChI=1S/C18H24N4O/c1-4-22-17(7-8-19-22)16-6-5-9-21(16)18(23)20-15-11-13(2)10-14(3)12-15/h7-8,10-12,16H,4-6,9H2,1-3H3,(H,20,23). The molecule has 122 valence electrons. The molecule has 1 unspecified atom stereocenters. The zero-order chi connectivity index (χ0) is 16.4. The highest BCUT2D eigenvalue weighted by molar-refractivity contribution is 5.90. The highest BCUT2D eigenvalue weighted by atomic mass is 16.2. The lowest BCUT2D eigenvalue weighted by Gasteiger charge is -2.25. The molecule has 0 aliphatic carbocycles. The second-order valence-electron chi connectivity index (χ2n) is 6.23. The number of aryl methyl sites for hydroxylation is 3. The van der Waals surface area contributed by atoms with Crippen LogP contribution in [0.4, 0.5) is 10.5 Å². The van der Waals surface area contributed by atoms with Gasteiger partial charge in [-0.1, -0.05) is 6.07 Å². The second-order valence-corrected chi connectivity index (χ2v) is 6.23. The number of carbonyl (C=O) groups is 1. The van der Waals surface area contributed by atoms with E-state index >= 15 is 0 Å². The lowest BCUT2D eigenvalue weighted by molar-refractivity contribution is 0.204. The molecule has 3 rings (SSSR count). The topological polar surface area (TPSA) is 50.2 Å². The summed E-state index contributed by atoms with van der Waals surface area (Å²) in [5.74, 6) is 0. The molecule has 0 bridgehead atoms. The number of carbonyl (C=O) groups excluding carboxylic acids is 1. The monoisotopic (exact) mass is 312 g/mol. The molecule has 1 N–H and O–H groups in total. The summed E-state index contributed by atoms with van der Waals surface area (Å²) >= 11 is 0. The third-order valence-electron chi connectivity index (χ3n) is 4.38. The van der Waals surface area contributed by atoms with E-state index in [0.29, 0.717) is 0 Å². The molecule has 0 saturated carbocycles. The Balaban J connectivity index is 1.78. The number of nitrogens with zero attached hydrogens (tertiary/aromatic N) is 3. The first-order valence-corrected chi connectivity index (χ1v) is 8.26. The Labute approximate surface area is 137 Å². The molecular formula is C18H24N4O. The van der Waals surface area contributed by atoms with Crippen LogP contribution in [0.3, 0.4) is 0 Å². The third kappa shape index (κ3) is 3.23. The van der Waals surface area contributed by atoms with Gasteiger partial charge in [-0.05, 0) is 62.9 Å². The summed E-state index contributed by atoms with van der Waals surface area (Å²) in [4.78, 5) is 14.7. The normalized spacial score (nSPS) is 17.5. The number of anilines is 1. The molecule has 1 saturated heterocycles. The van der Waals surface area contributed by atoms with E-state index in [1.165, 1.54) is 0 Å². The molecule has 5 nitrogen and oxygen atoms in total. The Hall–Kier alpha value is -2.30. The molecule has 2 heterocycles. The van der Waals surface area contributed by atoms with Crippen molar-refractivity contribution in [2.24, 2.45) is 0 Å². The number of benzene rings is 1. The summed E-state index contributed by atoms with van der Waals surface area (Å²) in [6, 6.07) is 8.23. The molecule has 5 heteroatoms. The Kier molecular flexibility index (Phi) is 4.37. The molecule has 1 atom stereocenters. The molecule has 1 aromatic heterocycles. The maximum atomic E-state index is 12.7. The Bertz CT molecular complexity index is 687. The quantitative estimate of drug-likeness (QED) is 0.934. The van der Waals surface area contributed by atoms with Gasteiger partial charge in [0.25, 0.3) is 0 Å². The van der Waals surface area contributed by atoms with Crippen LogP contribution in [-0.2, 0) is 6.54 Å². The van der Waals surface area contributed by atoms with Crippen LogP contribution < -0.4 is 5.32 Å². The summed E-state index contributed by atoms with van der Waals surface area (Å²) in [5, 5.41) is 7.39. The van der Waals surface area contributed by atoms with Crippen molar-refractivity contribution in [1.82, 2.24) is 14.7 Å². The minimum absolute atomic E-state index is 0.0265. The number of hydrogen-bond donors (Lipinski definition) is 1. The van der Waals surface area contributed by atoms with Gasteiger partial charge in [0.15, 0.2) is 0 Å². The van der Waals surface area contributed by atoms with Crippen LogP contribution in [0.15, 0.2) is 30.5 Å². The van der Waals surface area contributed by atoms with E-state index in [1.807, 2.05) is 47.8 Å². The Morgan fingerprint density at radius 1 is 1.30 bits per heavy atom. The summed E-state index contributed by atoms with van der Waals surface area (Å²) in [6.45, 7) is 7.77. The number of rotatable bonds is 3. The fourth-order valence-electron chi connectivity index (χ4n) is 3.45. The van der Waals surface area contributed by atoms with Crippen LogP contribution in [0.2, 0.25) is 0 Å². The molecule has 0 radical (unpaired) electrons. The zero-order valence-corrected chi connectivity index (χ0v) is 14.0. The van der Waals surface area contributed by atoms with Crippen LogP contribution in [0.5, 0.6) is 0 Å². The van der Waals surface area contributed by atoms with Gasteiger partial charge < -0.3 is 10.2 Å². The number of urea groups is 1. The molecule has 23 heavy (non-hydrogen) atoms. The van der Waals surface area contributed by atoms with E-state index in [4.69, 9.17) is 0 Å². The first kappa shape index (κ1) is 15.6. The van der Waals surface area contributed by atoms with Crippen LogP contribution in [-0.4, -0.2) is 27.3 Å². The van der Waals surface area contributed by atoms with E-state index in [9.17, 15) is 4.79 Å². The fraction of sp³-hybridized carbons (Fsp3) is 0.444. The average molecular weight is 312 g/mol. The summed E-state index contributed by atoms with van der Waals surface area (Å²) in [5.41, 5.74) is 4.30. The maximum absolute atomic E-state index is 12.7. The van der Waals surface area contributed by atoms with E-state index in [-0.39, 0.29) is 12.1 Å². The Morgan fingerprint density at radius 3 is 2.74 bits per heavy atom. The maximum Gasteiger partial charge on any atom is 0.322 e. The van der Waals surface area contributed by atoms with Gasteiger partial charge in [0, 0.05) is 25.0 Å². The second kappa shape index (κ2) is 6.44.